The maximum absolute atomic E-state index is 5.93. The van der Waals surface area contributed by atoms with Gasteiger partial charge in [0.1, 0.15) is 5.82 Å². The highest BCUT2D eigenvalue weighted by molar-refractivity contribution is 9.10. The van der Waals surface area contributed by atoms with E-state index in [4.69, 9.17) is 4.74 Å². The van der Waals surface area contributed by atoms with Crippen LogP contribution in [0.25, 0.3) is 0 Å². The third kappa shape index (κ3) is 3.76. The molecule has 2 unspecified atom stereocenters. The van der Waals surface area contributed by atoms with E-state index in [2.05, 4.69) is 51.0 Å². The summed E-state index contributed by atoms with van der Waals surface area (Å²) >= 11 is 3.54. The number of pyridine rings is 1. The maximum Gasteiger partial charge on any atom is 0.133 e. The summed E-state index contributed by atoms with van der Waals surface area (Å²) in [6.07, 6.45) is 5.08. The Labute approximate surface area is 135 Å². The third-order valence-corrected chi connectivity index (χ3v) is 4.55. The molecule has 0 spiro atoms. The summed E-state index contributed by atoms with van der Waals surface area (Å²) in [7, 11) is 0. The lowest BCUT2D eigenvalue weighted by molar-refractivity contribution is 0.0301. The average Bonchev–Trinajstić information content (AvgIpc) is 2.77. The first-order valence-corrected chi connectivity index (χ1v) is 8.66. The first-order chi connectivity index (χ1) is 10.1. The quantitative estimate of drug-likeness (QED) is 0.882. The molecule has 2 atom stereocenters. The van der Waals surface area contributed by atoms with Crippen molar-refractivity contribution >= 4 is 21.7 Å². The van der Waals surface area contributed by atoms with Crippen LogP contribution in [-0.2, 0) is 11.3 Å². The van der Waals surface area contributed by atoms with Crippen molar-refractivity contribution in [1.29, 1.82) is 0 Å². The highest BCUT2D eigenvalue weighted by Gasteiger charge is 2.34. The molecule has 2 fully saturated rings. The summed E-state index contributed by atoms with van der Waals surface area (Å²) in [4.78, 5) is 7.09. The van der Waals surface area contributed by atoms with Crippen LogP contribution in [-0.4, -0.2) is 36.8 Å². The molecule has 21 heavy (non-hydrogen) atoms. The third-order valence-electron chi connectivity index (χ3n) is 4.12. The van der Waals surface area contributed by atoms with Crippen LogP contribution in [0.4, 0.5) is 5.82 Å². The molecule has 1 aromatic rings. The Balaban J connectivity index is 1.74. The van der Waals surface area contributed by atoms with Crippen molar-refractivity contribution in [3.8, 4) is 0 Å². The van der Waals surface area contributed by atoms with Gasteiger partial charge in [-0.1, -0.05) is 13.8 Å². The molecule has 1 N–H and O–H groups in total. The number of ether oxygens (including phenoxy) is 1. The molecule has 0 radical (unpaired) electrons. The van der Waals surface area contributed by atoms with Crippen LogP contribution >= 0.6 is 15.9 Å². The molecule has 0 saturated carbocycles. The fourth-order valence-corrected chi connectivity index (χ4v) is 3.55. The number of hydrogen-bond donors (Lipinski definition) is 1. The van der Waals surface area contributed by atoms with Crippen molar-refractivity contribution in [2.45, 2.75) is 45.4 Å². The Morgan fingerprint density at radius 1 is 1.38 bits per heavy atom. The highest BCUT2D eigenvalue weighted by Crippen LogP contribution is 2.31. The standard InChI is InChI=1S/C16H24BrN3O/c1-11(2)6-18-7-12-5-13(17)8-19-16(12)20-9-14-3-4-15(10-20)21-14/h5,8,11,14-15,18H,3-4,6-7,9-10H2,1-2H3. The van der Waals surface area contributed by atoms with Crippen LogP contribution in [0.5, 0.6) is 0 Å². The van der Waals surface area contributed by atoms with Crippen LogP contribution < -0.4 is 10.2 Å². The van der Waals surface area contributed by atoms with E-state index in [1.807, 2.05) is 6.20 Å². The zero-order chi connectivity index (χ0) is 14.8. The first-order valence-electron chi connectivity index (χ1n) is 7.87. The number of nitrogens with zero attached hydrogens (tertiary/aromatic N) is 2. The molecule has 0 aromatic carbocycles. The molecule has 1 aromatic heterocycles. The van der Waals surface area contributed by atoms with Crippen LogP contribution in [0.15, 0.2) is 16.7 Å². The number of nitrogens with one attached hydrogen (secondary N) is 1. The van der Waals surface area contributed by atoms with E-state index in [9.17, 15) is 0 Å². The number of anilines is 1. The minimum atomic E-state index is 0.394. The number of rotatable bonds is 5. The van der Waals surface area contributed by atoms with Crippen molar-refractivity contribution in [3.63, 3.8) is 0 Å². The Morgan fingerprint density at radius 3 is 2.76 bits per heavy atom. The molecular formula is C16H24BrN3O. The normalized spacial score (nSPS) is 24.9. The van der Waals surface area contributed by atoms with Crippen LogP contribution in [0.3, 0.4) is 0 Å². The molecule has 2 bridgehead atoms. The molecule has 4 nitrogen and oxygen atoms in total. The largest absolute Gasteiger partial charge is 0.371 e. The Morgan fingerprint density at radius 2 is 2.10 bits per heavy atom. The van der Waals surface area contributed by atoms with E-state index in [1.165, 1.54) is 18.4 Å². The smallest absolute Gasteiger partial charge is 0.133 e. The molecule has 2 saturated heterocycles. The van der Waals surface area contributed by atoms with Gasteiger partial charge in [-0.2, -0.15) is 0 Å². The maximum atomic E-state index is 5.93. The van der Waals surface area contributed by atoms with Gasteiger partial charge in [-0.25, -0.2) is 4.98 Å². The summed E-state index contributed by atoms with van der Waals surface area (Å²) in [5.74, 6) is 1.78. The van der Waals surface area contributed by atoms with Crippen molar-refractivity contribution in [2.75, 3.05) is 24.5 Å². The number of fused-ring (bicyclic) bond motifs is 2. The Hall–Kier alpha value is -0.650. The lowest BCUT2D eigenvalue weighted by Gasteiger charge is -2.34. The van der Waals surface area contributed by atoms with Crippen LogP contribution in [0.2, 0.25) is 0 Å². The van der Waals surface area contributed by atoms with Gasteiger partial charge in [0.15, 0.2) is 0 Å². The van der Waals surface area contributed by atoms with Gasteiger partial charge in [0, 0.05) is 35.9 Å². The fourth-order valence-electron chi connectivity index (χ4n) is 3.17. The van der Waals surface area contributed by atoms with Gasteiger partial charge in [-0.3, -0.25) is 0 Å². The van der Waals surface area contributed by atoms with E-state index >= 15 is 0 Å². The Bertz CT molecular complexity index is 482. The van der Waals surface area contributed by atoms with Crippen LogP contribution in [0, 0.1) is 5.92 Å². The molecule has 3 heterocycles. The summed E-state index contributed by atoms with van der Waals surface area (Å²) in [6.45, 7) is 8.30. The summed E-state index contributed by atoms with van der Waals surface area (Å²) in [6, 6.07) is 2.19. The SMILES string of the molecule is CC(C)CNCc1cc(Br)cnc1N1CC2CCC(C1)O2. The zero-order valence-electron chi connectivity index (χ0n) is 12.8. The van der Waals surface area contributed by atoms with Gasteiger partial charge in [0.2, 0.25) is 0 Å². The van der Waals surface area contributed by atoms with Crippen molar-refractivity contribution < 1.29 is 4.74 Å². The second kappa shape index (κ2) is 6.63. The highest BCUT2D eigenvalue weighted by atomic mass is 79.9. The zero-order valence-corrected chi connectivity index (χ0v) is 14.4. The predicted molar refractivity (Wildman–Crippen MR) is 88.6 cm³/mol. The van der Waals surface area contributed by atoms with E-state index in [-0.39, 0.29) is 0 Å². The van der Waals surface area contributed by atoms with Crippen molar-refractivity contribution in [3.05, 3.63) is 22.3 Å². The average molecular weight is 354 g/mol. The minimum Gasteiger partial charge on any atom is -0.371 e. The number of hydrogen-bond acceptors (Lipinski definition) is 4. The second-order valence-electron chi connectivity index (χ2n) is 6.52. The van der Waals surface area contributed by atoms with Gasteiger partial charge in [-0.05, 0) is 47.3 Å². The fraction of sp³-hybridized carbons (Fsp3) is 0.688. The van der Waals surface area contributed by atoms with Gasteiger partial charge < -0.3 is 15.0 Å². The monoisotopic (exact) mass is 353 g/mol. The van der Waals surface area contributed by atoms with Gasteiger partial charge in [-0.15, -0.1) is 0 Å². The minimum absolute atomic E-state index is 0.394. The number of aromatic nitrogens is 1. The van der Waals surface area contributed by atoms with Gasteiger partial charge in [0.05, 0.1) is 12.2 Å². The lowest BCUT2D eigenvalue weighted by atomic mass is 10.2. The topological polar surface area (TPSA) is 37.4 Å². The molecule has 2 aliphatic rings. The summed E-state index contributed by atoms with van der Waals surface area (Å²) in [5, 5.41) is 3.53. The first kappa shape index (κ1) is 15.3. The van der Waals surface area contributed by atoms with Crippen molar-refractivity contribution in [2.24, 2.45) is 5.92 Å². The Kier molecular flexibility index (Phi) is 4.82. The predicted octanol–water partition coefficient (Wildman–Crippen LogP) is 2.96. The number of morpholine rings is 1. The molecule has 0 aliphatic carbocycles. The van der Waals surface area contributed by atoms with Gasteiger partial charge in [0.25, 0.3) is 0 Å². The molecule has 5 heteroatoms. The molecular weight excluding hydrogens is 330 g/mol. The van der Waals surface area contributed by atoms with Gasteiger partial charge >= 0.3 is 0 Å². The van der Waals surface area contributed by atoms with Crippen LogP contribution in [0.1, 0.15) is 32.3 Å². The lowest BCUT2D eigenvalue weighted by Crippen LogP contribution is -2.43. The number of halogens is 1. The molecule has 2 aliphatic heterocycles. The van der Waals surface area contributed by atoms with E-state index in [0.29, 0.717) is 18.1 Å². The summed E-state index contributed by atoms with van der Waals surface area (Å²) < 4.78 is 6.98. The van der Waals surface area contributed by atoms with E-state index < -0.39 is 0 Å². The van der Waals surface area contributed by atoms with Crippen molar-refractivity contribution in [1.82, 2.24) is 10.3 Å². The molecule has 3 rings (SSSR count). The second-order valence-corrected chi connectivity index (χ2v) is 7.44. The van der Waals surface area contributed by atoms with E-state index in [0.717, 1.165) is 36.5 Å². The summed E-state index contributed by atoms with van der Waals surface area (Å²) in [5.41, 5.74) is 1.27. The molecule has 116 valence electrons. The van der Waals surface area contributed by atoms with E-state index in [1.54, 1.807) is 0 Å². The molecule has 0 amide bonds.